The average molecular weight is 340 g/mol. The second-order valence-electron chi connectivity index (χ2n) is 7.22. The number of nitrogens with one attached hydrogen (secondary N) is 1. The molecule has 0 radical (unpaired) electrons. The summed E-state index contributed by atoms with van der Waals surface area (Å²) in [6.07, 6.45) is 0.871. The van der Waals surface area contributed by atoms with Gasteiger partial charge in [-0.05, 0) is 39.1 Å². The molecule has 0 saturated carbocycles. The summed E-state index contributed by atoms with van der Waals surface area (Å²) in [7, 11) is 0. The van der Waals surface area contributed by atoms with Crippen molar-refractivity contribution >= 4 is 17.4 Å². The lowest BCUT2D eigenvalue weighted by atomic mass is 10.1. The van der Waals surface area contributed by atoms with E-state index in [2.05, 4.69) is 28.6 Å². The highest BCUT2D eigenvalue weighted by Crippen LogP contribution is 2.15. The van der Waals surface area contributed by atoms with E-state index in [1.165, 1.54) is 4.88 Å². The molecule has 1 fully saturated rings. The first-order chi connectivity index (χ1) is 10.7. The molecule has 1 aromatic rings. The molecule has 1 saturated heterocycles. The van der Waals surface area contributed by atoms with E-state index in [0.29, 0.717) is 13.1 Å². The third kappa shape index (κ3) is 5.79. The van der Waals surface area contributed by atoms with Crippen molar-refractivity contribution in [3.05, 3.63) is 22.4 Å². The van der Waals surface area contributed by atoms with Crippen molar-refractivity contribution in [2.24, 2.45) is 0 Å². The number of β-amino-alcohol motifs (C(OH)–C–C–N with tert-alkyl or cyclic N) is 1. The highest BCUT2D eigenvalue weighted by atomic mass is 32.1. The number of hydrogen-bond donors (Lipinski definition) is 2. The Morgan fingerprint density at radius 2 is 2.26 bits per heavy atom. The quantitative estimate of drug-likeness (QED) is 0.864. The van der Waals surface area contributed by atoms with Crippen molar-refractivity contribution < 1.29 is 9.90 Å². The fraction of sp³-hybridized carbons (Fsp3) is 0.706. The molecule has 1 aliphatic rings. The molecule has 0 spiro atoms. The summed E-state index contributed by atoms with van der Waals surface area (Å²) in [5.74, 6) is 0. The largest absolute Gasteiger partial charge is 0.389 e. The molecule has 5 nitrogen and oxygen atoms in total. The van der Waals surface area contributed by atoms with Crippen LogP contribution in [0.5, 0.6) is 0 Å². The number of rotatable bonds is 5. The fourth-order valence-electron chi connectivity index (χ4n) is 3.10. The van der Waals surface area contributed by atoms with Gasteiger partial charge in [0.05, 0.1) is 5.60 Å². The highest BCUT2D eigenvalue weighted by molar-refractivity contribution is 7.09. The zero-order valence-electron chi connectivity index (χ0n) is 14.6. The van der Waals surface area contributed by atoms with Crippen LogP contribution in [0.15, 0.2) is 17.5 Å². The van der Waals surface area contributed by atoms with Gasteiger partial charge in [0.15, 0.2) is 0 Å². The maximum absolute atomic E-state index is 12.5. The van der Waals surface area contributed by atoms with Crippen molar-refractivity contribution in [1.82, 2.24) is 15.1 Å². The Kier molecular flexibility index (Phi) is 6.06. The van der Waals surface area contributed by atoms with Gasteiger partial charge in [0, 0.05) is 49.6 Å². The molecule has 2 unspecified atom stereocenters. The van der Waals surface area contributed by atoms with Gasteiger partial charge in [0.25, 0.3) is 0 Å². The fourth-order valence-corrected chi connectivity index (χ4v) is 3.94. The van der Waals surface area contributed by atoms with Crippen LogP contribution in [-0.2, 0) is 6.42 Å². The normalized spacial score (nSPS) is 21.3. The third-order valence-electron chi connectivity index (χ3n) is 4.04. The first-order valence-electron chi connectivity index (χ1n) is 8.29. The highest BCUT2D eigenvalue weighted by Gasteiger charge is 2.30. The Hall–Kier alpha value is -1.11. The summed E-state index contributed by atoms with van der Waals surface area (Å²) in [5.41, 5.74) is -0.695. The van der Waals surface area contributed by atoms with Crippen LogP contribution >= 0.6 is 11.3 Å². The van der Waals surface area contributed by atoms with Gasteiger partial charge in [-0.15, -0.1) is 11.3 Å². The van der Waals surface area contributed by atoms with Crippen LogP contribution in [0.4, 0.5) is 4.79 Å². The number of aliphatic hydroxyl groups is 1. The maximum Gasteiger partial charge on any atom is 0.317 e. The van der Waals surface area contributed by atoms with Crippen molar-refractivity contribution in [2.75, 3.05) is 26.2 Å². The molecule has 130 valence electrons. The Labute approximate surface area is 143 Å². The number of hydrogen-bond acceptors (Lipinski definition) is 4. The zero-order valence-corrected chi connectivity index (χ0v) is 15.4. The first kappa shape index (κ1) is 18.2. The number of thiophene rings is 1. The summed E-state index contributed by atoms with van der Waals surface area (Å²) in [6.45, 7) is 10.7. The summed E-state index contributed by atoms with van der Waals surface area (Å²) >= 11 is 1.72. The van der Waals surface area contributed by atoms with Gasteiger partial charge in [-0.1, -0.05) is 6.07 Å². The minimum absolute atomic E-state index is 0.0180. The van der Waals surface area contributed by atoms with Crippen molar-refractivity contribution in [3.8, 4) is 0 Å². The average Bonchev–Trinajstić information content (AvgIpc) is 2.89. The van der Waals surface area contributed by atoms with Crippen LogP contribution in [0.1, 0.15) is 32.6 Å². The summed E-state index contributed by atoms with van der Waals surface area (Å²) in [6, 6.07) is 4.44. The lowest BCUT2D eigenvalue weighted by Crippen LogP contribution is -2.59. The molecule has 0 aliphatic carbocycles. The van der Waals surface area contributed by atoms with Crippen molar-refractivity contribution in [2.45, 2.75) is 51.8 Å². The molecular weight excluding hydrogens is 310 g/mol. The Bertz CT molecular complexity index is 498. The standard InChI is InChI=1S/C17H29N3O2S/c1-13(10-15-6-5-9-23-15)18-16(21)20-8-7-19(11-14(20)2)12-17(3,4)22/h5-6,9,13-14,22H,7-8,10-12H2,1-4H3,(H,18,21). The Balaban J connectivity index is 1.81. The van der Waals surface area contributed by atoms with Gasteiger partial charge < -0.3 is 15.3 Å². The van der Waals surface area contributed by atoms with Crippen LogP contribution < -0.4 is 5.32 Å². The van der Waals surface area contributed by atoms with E-state index in [4.69, 9.17) is 0 Å². The molecule has 23 heavy (non-hydrogen) atoms. The molecule has 2 amide bonds. The van der Waals surface area contributed by atoms with E-state index in [-0.39, 0.29) is 18.1 Å². The van der Waals surface area contributed by atoms with Gasteiger partial charge in [0.2, 0.25) is 0 Å². The SMILES string of the molecule is CC(Cc1cccs1)NC(=O)N1CCN(CC(C)(C)O)CC1C. The molecule has 2 heterocycles. The molecular formula is C17H29N3O2S. The Morgan fingerprint density at radius 3 is 2.83 bits per heavy atom. The second-order valence-corrected chi connectivity index (χ2v) is 8.26. The molecule has 1 aromatic heterocycles. The molecule has 0 aromatic carbocycles. The van der Waals surface area contributed by atoms with Gasteiger partial charge in [-0.2, -0.15) is 0 Å². The summed E-state index contributed by atoms with van der Waals surface area (Å²) in [4.78, 5) is 17.9. The van der Waals surface area contributed by atoms with Crippen molar-refractivity contribution in [1.29, 1.82) is 0 Å². The molecule has 2 atom stereocenters. The topological polar surface area (TPSA) is 55.8 Å². The maximum atomic E-state index is 12.5. The van der Waals surface area contributed by atoms with Crippen LogP contribution in [0.2, 0.25) is 0 Å². The van der Waals surface area contributed by atoms with Crippen LogP contribution in [0.25, 0.3) is 0 Å². The predicted octanol–water partition coefficient (Wildman–Crippen LogP) is 2.17. The minimum Gasteiger partial charge on any atom is -0.389 e. The summed E-state index contributed by atoms with van der Waals surface area (Å²) < 4.78 is 0. The number of carbonyl (C=O) groups excluding carboxylic acids is 1. The first-order valence-corrected chi connectivity index (χ1v) is 9.17. The van der Waals surface area contributed by atoms with E-state index in [1.54, 1.807) is 11.3 Å². The number of urea groups is 1. The monoisotopic (exact) mass is 339 g/mol. The van der Waals surface area contributed by atoms with Gasteiger partial charge in [0.1, 0.15) is 0 Å². The molecule has 6 heteroatoms. The minimum atomic E-state index is -0.695. The third-order valence-corrected chi connectivity index (χ3v) is 4.94. The van der Waals surface area contributed by atoms with Gasteiger partial charge in [-0.25, -0.2) is 4.79 Å². The number of nitrogens with zero attached hydrogens (tertiary/aromatic N) is 2. The van der Waals surface area contributed by atoms with E-state index in [0.717, 1.165) is 19.5 Å². The van der Waals surface area contributed by atoms with Gasteiger partial charge >= 0.3 is 6.03 Å². The van der Waals surface area contributed by atoms with Crippen molar-refractivity contribution in [3.63, 3.8) is 0 Å². The molecule has 0 bridgehead atoms. The van der Waals surface area contributed by atoms with Crippen LogP contribution in [-0.4, -0.2) is 64.8 Å². The second kappa shape index (κ2) is 7.64. The summed E-state index contributed by atoms with van der Waals surface area (Å²) in [5, 5.41) is 15.1. The van der Waals surface area contributed by atoms with Crippen LogP contribution in [0, 0.1) is 0 Å². The van der Waals surface area contributed by atoms with E-state index >= 15 is 0 Å². The zero-order chi connectivity index (χ0) is 17.0. The smallest absolute Gasteiger partial charge is 0.317 e. The molecule has 2 N–H and O–H groups in total. The number of piperazine rings is 1. The number of carbonyl (C=O) groups is 1. The molecule has 2 rings (SSSR count). The lowest BCUT2D eigenvalue weighted by molar-refractivity contribution is 0.0118. The lowest BCUT2D eigenvalue weighted by Gasteiger charge is -2.41. The van der Waals surface area contributed by atoms with Gasteiger partial charge in [-0.3, -0.25) is 4.90 Å². The number of amides is 2. The van der Waals surface area contributed by atoms with E-state index < -0.39 is 5.60 Å². The Morgan fingerprint density at radius 1 is 1.52 bits per heavy atom. The van der Waals surface area contributed by atoms with E-state index in [9.17, 15) is 9.90 Å². The molecule has 1 aliphatic heterocycles. The predicted molar refractivity (Wildman–Crippen MR) is 94.9 cm³/mol. The van der Waals surface area contributed by atoms with E-state index in [1.807, 2.05) is 31.7 Å². The van der Waals surface area contributed by atoms with Crippen LogP contribution in [0.3, 0.4) is 0 Å².